The Morgan fingerprint density at radius 2 is 2.14 bits per heavy atom. The van der Waals surface area contributed by atoms with Gasteiger partial charge in [0.15, 0.2) is 0 Å². The van der Waals surface area contributed by atoms with Crippen molar-refractivity contribution in [2.75, 3.05) is 0 Å². The molecule has 14 heavy (non-hydrogen) atoms. The van der Waals surface area contributed by atoms with Gasteiger partial charge in [0, 0.05) is 11.1 Å². The summed E-state index contributed by atoms with van der Waals surface area (Å²) in [6.07, 6.45) is 1.74. The molecule has 1 atom stereocenters. The normalized spacial score (nSPS) is 12.7. The van der Waals surface area contributed by atoms with Gasteiger partial charge in [-0.2, -0.15) is 0 Å². The number of hydrogen-bond acceptors (Lipinski definition) is 3. The van der Waals surface area contributed by atoms with Crippen molar-refractivity contribution >= 4 is 22.9 Å². The minimum Gasteiger partial charge on any atom is -0.318 e. The lowest BCUT2D eigenvalue weighted by atomic mass is 10.2. The van der Waals surface area contributed by atoms with E-state index in [4.69, 9.17) is 17.3 Å². The lowest BCUT2D eigenvalue weighted by Crippen LogP contribution is -2.11. The predicted molar refractivity (Wildman–Crippen MR) is 59.6 cm³/mol. The first-order valence-electron chi connectivity index (χ1n) is 4.19. The molecule has 72 valence electrons. The van der Waals surface area contributed by atoms with E-state index in [0.717, 1.165) is 14.9 Å². The summed E-state index contributed by atoms with van der Waals surface area (Å²) in [5, 5.41) is 0. The highest BCUT2D eigenvalue weighted by atomic mass is 35.5. The highest BCUT2D eigenvalue weighted by molar-refractivity contribution is 7.16. The molecule has 0 aromatic carbocycles. The van der Waals surface area contributed by atoms with Crippen molar-refractivity contribution in [2.24, 2.45) is 5.73 Å². The van der Waals surface area contributed by atoms with E-state index in [1.165, 1.54) is 11.3 Å². The standard InChI is InChI=1S/C10H9ClN2S/c11-9-5-4-8(14-9)10(12)7-3-1-2-6-13-7/h1-6,10H,12H2. The monoisotopic (exact) mass is 224 g/mol. The van der Waals surface area contributed by atoms with Gasteiger partial charge < -0.3 is 5.73 Å². The van der Waals surface area contributed by atoms with Gasteiger partial charge >= 0.3 is 0 Å². The zero-order valence-corrected chi connectivity index (χ0v) is 8.92. The van der Waals surface area contributed by atoms with E-state index in [-0.39, 0.29) is 6.04 Å². The molecule has 0 saturated heterocycles. The fraction of sp³-hybridized carbons (Fsp3) is 0.100. The van der Waals surface area contributed by atoms with Crippen LogP contribution in [-0.4, -0.2) is 4.98 Å². The SMILES string of the molecule is NC(c1ccccn1)c1ccc(Cl)s1. The van der Waals surface area contributed by atoms with Crippen LogP contribution in [0.1, 0.15) is 16.6 Å². The van der Waals surface area contributed by atoms with Crippen molar-refractivity contribution < 1.29 is 0 Å². The Bertz CT molecular complexity index is 413. The smallest absolute Gasteiger partial charge is 0.0931 e. The maximum Gasteiger partial charge on any atom is 0.0931 e. The molecular weight excluding hydrogens is 216 g/mol. The van der Waals surface area contributed by atoms with Crippen LogP contribution in [0, 0.1) is 0 Å². The summed E-state index contributed by atoms with van der Waals surface area (Å²) < 4.78 is 0.756. The fourth-order valence-corrected chi connectivity index (χ4v) is 2.28. The summed E-state index contributed by atoms with van der Waals surface area (Å²) in [5.74, 6) is 0. The summed E-state index contributed by atoms with van der Waals surface area (Å²) in [7, 11) is 0. The van der Waals surface area contributed by atoms with E-state index in [0.29, 0.717) is 0 Å². The Balaban J connectivity index is 2.29. The van der Waals surface area contributed by atoms with Crippen molar-refractivity contribution in [2.45, 2.75) is 6.04 Å². The lowest BCUT2D eigenvalue weighted by molar-refractivity contribution is 0.847. The largest absolute Gasteiger partial charge is 0.318 e. The van der Waals surface area contributed by atoms with Crippen molar-refractivity contribution in [3.63, 3.8) is 0 Å². The molecule has 0 bridgehead atoms. The Morgan fingerprint density at radius 3 is 2.71 bits per heavy atom. The molecule has 2 N–H and O–H groups in total. The number of aromatic nitrogens is 1. The Labute approximate surface area is 91.4 Å². The Morgan fingerprint density at radius 1 is 1.29 bits per heavy atom. The highest BCUT2D eigenvalue weighted by Crippen LogP contribution is 2.28. The van der Waals surface area contributed by atoms with Crippen LogP contribution in [0.2, 0.25) is 4.34 Å². The Kier molecular flexibility index (Phi) is 2.82. The molecule has 0 aliphatic carbocycles. The van der Waals surface area contributed by atoms with Crippen molar-refractivity contribution in [1.82, 2.24) is 4.98 Å². The Hall–Kier alpha value is -0.900. The summed E-state index contributed by atoms with van der Waals surface area (Å²) in [4.78, 5) is 5.24. The van der Waals surface area contributed by atoms with Crippen molar-refractivity contribution in [3.05, 3.63) is 51.4 Å². The van der Waals surface area contributed by atoms with Crippen LogP contribution in [0.5, 0.6) is 0 Å². The van der Waals surface area contributed by atoms with E-state index in [2.05, 4.69) is 4.98 Å². The third-order valence-electron chi connectivity index (χ3n) is 1.91. The summed E-state index contributed by atoms with van der Waals surface area (Å²) in [6, 6.07) is 9.33. The number of nitrogens with two attached hydrogens (primary N) is 1. The van der Waals surface area contributed by atoms with Crippen LogP contribution in [0.15, 0.2) is 36.5 Å². The first-order valence-corrected chi connectivity index (χ1v) is 5.38. The molecule has 2 nitrogen and oxygen atoms in total. The maximum atomic E-state index is 6.02. The molecule has 0 aliphatic rings. The molecule has 2 heterocycles. The molecule has 2 rings (SSSR count). The number of pyridine rings is 1. The minimum absolute atomic E-state index is 0.173. The van der Waals surface area contributed by atoms with Gasteiger partial charge in [-0.15, -0.1) is 11.3 Å². The average Bonchev–Trinajstić information content (AvgIpc) is 2.65. The molecular formula is C10H9ClN2S. The molecule has 1 unspecified atom stereocenters. The fourth-order valence-electron chi connectivity index (χ4n) is 1.20. The van der Waals surface area contributed by atoms with E-state index in [1.54, 1.807) is 6.20 Å². The summed E-state index contributed by atoms with van der Waals surface area (Å²) in [5.41, 5.74) is 6.89. The van der Waals surface area contributed by atoms with E-state index in [9.17, 15) is 0 Å². The maximum absolute atomic E-state index is 6.02. The van der Waals surface area contributed by atoms with Gasteiger partial charge in [0.1, 0.15) is 0 Å². The quantitative estimate of drug-likeness (QED) is 0.852. The average molecular weight is 225 g/mol. The summed E-state index contributed by atoms with van der Waals surface area (Å²) in [6.45, 7) is 0. The molecule has 2 aromatic heterocycles. The van der Waals surface area contributed by atoms with Gasteiger partial charge in [-0.3, -0.25) is 4.98 Å². The third-order valence-corrected chi connectivity index (χ3v) is 3.22. The van der Waals surface area contributed by atoms with Gasteiger partial charge in [0.2, 0.25) is 0 Å². The lowest BCUT2D eigenvalue weighted by Gasteiger charge is -2.07. The predicted octanol–water partition coefficient (Wildman–Crippen LogP) is 2.84. The number of rotatable bonds is 2. The number of thiophene rings is 1. The number of halogens is 1. The van der Waals surface area contributed by atoms with Crippen LogP contribution in [-0.2, 0) is 0 Å². The second kappa shape index (κ2) is 4.09. The van der Waals surface area contributed by atoms with E-state index < -0.39 is 0 Å². The van der Waals surface area contributed by atoms with Gasteiger partial charge in [-0.05, 0) is 24.3 Å². The van der Waals surface area contributed by atoms with Crippen LogP contribution >= 0.6 is 22.9 Å². The number of nitrogens with zero attached hydrogens (tertiary/aromatic N) is 1. The van der Waals surface area contributed by atoms with E-state index in [1.807, 2.05) is 30.3 Å². The summed E-state index contributed by atoms with van der Waals surface area (Å²) >= 11 is 7.33. The van der Waals surface area contributed by atoms with Crippen LogP contribution < -0.4 is 5.73 Å². The topological polar surface area (TPSA) is 38.9 Å². The van der Waals surface area contributed by atoms with Crippen molar-refractivity contribution in [3.8, 4) is 0 Å². The van der Waals surface area contributed by atoms with Crippen LogP contribution in [0.4, 0.5) is 0 Å². The first kappa shape index (κ1) is 9.65. The molecule has 4 heteroatoms. The zero-order chi connectivity index (χ0) is 9.97. The molecule has 2 aromatic rings. The molecule has 0 amide bonds. The zero-order valence-electron chi connectivity index (χ0n) is 7.35. The molecule has 0 saturated carbocycles. The van der Waals surface area contributed by atoms with E-state index >= 15 is 0 Å². The first-order chi connectivity index (χ1) is 6.77. The van der Waals surface area contributed by atoms with Gasteiger partial charge in [0.05, 0.1) is 16.1 Å². The minimum atomic E-state index is -0.173. The van der Waals surface area contributed by atoms with Gasteiger partial charge in [-0.25, -0.2) is 0 Å². The second-order valence-corrected chi connectivity index (χ2v) is 4.62. The van der Waals surface area contributed by atoms with Gasteiger partial charge in [0.25, 0.3) is 0 Å². The molecule has 0 spiro atoms. The van der Waals surface area contributed by atoms with Crippen molar-refractivity contribution in [1.29, 1.82) is 0 Å². The molecule has 0 radical (unpaired) electrons. The third kappa shape index (κ3) is 1.95. The second-order valence-electron chi connectivity index (χ2n) is 2.87. The molecule has 0 aliphatic heterocycles. The van der Waals surface area contributed by atoms with Gasteiger partial charge in [-0.1, -0.05) is 17.7 Å². The molecule has 0 fully saturated rings. The number of hydrogen-bond donors (Lipinski definition) is 1. The highest BCUT2D eigenvalue weighted by Gasteiger charge is 2.11. The van der Waals surface area contributed by atoms with Crippen LogP contribution in [0.3, 0.4) is 0 Å². The van der Waals surface area contributed by atoms with Crippen LogP contribution in [0.25, 0.3) is 0 Å².